The molecule has 0 saturated carbocycles. The Morgan fingerprint density at radius 3 is 2.25 bits per heavy atom. The number of thiophene rings is 1. The van der Waals surface area contributed by atoms with E-state index in [0.29, 0.717) is 0 Å². The number of hydrogen-bond donors (Lipinski definition) is 2. The molecule has 210 valence electrons. The molecule has 44 heavy (non-hydrogen) atoms. The molecule has 0 fully saturated rings. The van der Waals surface area contributed by atoms with Crippen LogP contribution in [0.1, 0.15) is 28.4 Å². The highest BCUT2D eigenvalue weighted by atomic mass is 32.1. The minimum atomic E-state index is -0.222. The Bertz CT molecular complexity index is 2200. The van der Waals surface area contributed by atoms with E-state index in [1.165, 1.54) is 20.8 Å². The minimum absolute atomic E-state index is 0.0968. The Kier molecular flexibility index (Phi) is 5.70. The molecule has 0 aliphatic carbocycles. The molecule has 6 nitrogen and oxygen atoms in total. The molecule has 0 bridgehead atoms. The van der Waals surface area contributed by atoms with Gasteiger partial charge in [0.15, 0.2) is 5.84 Å². The number of anilines is 2. The van der Waals surface area contributed by atoms with E-state index in [4.69, 9.17) is 15.0 Å². The molecule has 2 unspecified atom stereocenters. The van der Waals surface area contributed by atoms with Crippen molar-refractivity contribution >= 4 is 66.3 Å². The van der Waals surface area contributed by atoms with Gasteiger partial charge in [0.2, 0.25) is 6.29 Å². The molecule has 0 radical (unpaired) electrons. The lowest BCUT2D eigenvalue weighted by Gasteiger charge is -2.24. The van der Waals surface area contributed by atoms with Gasteiger partial charge in [-0.05, 0) is 40.1 Å². The number of aliphatic imine (C=N–C) groups is 3. The molecule has 2 N–H and O–H groups in total. The van der Waals surface area contributed by atoms with Crippen LogP contribution >= 0.6 is 11.3 Å². The first kappa shape index (κ1) is 25.0. The van der Waals surface area contributed by atoms with Crippen molar-refractivity contribution in [2.45, 2.75) is 12.5 Å². The van der Waals surface area contributed by atoms with E-state index in [-0.39, 0.29) is 12.5 Å². The standard InChI is InChI=1S/C37H26N6S/c1-3-9-23(10-4-1)33-40-34(24-11-5-2-6-12-24)42-35(41-33)28-18-17-25-19-27(16-15-26(25)20-28)29-21-38-37-39-32-30-13-7-8-14-31(30)44-36(32)43(37)22-29/h1-22,33,37,39H,(H,40,41,42). The molecule has 1 aromatic heterocycles. The van der Waals surface area contributed by atoms with Crippen LogP contribution in [0.2, 0.25) is 0 Å². The average Bonchev–Trinajstić information content (AvgIpc) is 3.64. The van der Waals surface area contributed by atoms with Crippen LogP contribution in [-0.2, 0) is 0 Å². The maximum atomic E-state index is 4.98. The molecule has 0 amide bonds. The summed E-state index contributed by atoms with van der Waals surface area (Å²) in [6.07, 6.45) is 3.88. The number of hydrogen-bond acceptors (Lipinski definition) is 7. The van der Waals surface area contributed by atoms with Crippen molar-refractivity contribution in [1.29, 1.82) is 0 Å². The highest BCUT2D eigenvalue weighted by Gasteiger charge is 2.32. The quantitative estimate of drug-likeness (QED) is 0.219. The van der Waals surface area contributed by atoms with Gasteiger partial charge in [-0.3, -0.25) is 4.90 Å². The van der Waals surface area contributed by atoms with E-state index in [1.807, 2.05) is 42.6 Å². The first-order chi connectivity index (χ1) is 21.8. The summed E-state index contributed by atoms with van der Waals surface area (Å²) in [6, 6.07) is 42.1. The van der Waals surface area contributed by atoms with Gasteiger partial charge in [0.25, 0.3) is 0 Å². The minimum Gasteiger partial charge on any atom is -0.344 e. The maximum absolute atomic E-state index is 4.98. The molecule has 5 aromatic carbocycles. The normalized spacial score (nSPS) is 18.6. The first-order valence-electron chi connectivity index (χ1n) is 14.7. The van der Waals surface area contributed by atoms with E-state index in [1.54, 1.807) is 11.3 Å². The van der Waals surface area contributed by atoms with Crippen molar-refractivity contribution < 1.29 is 0 Å². The molecular formula is C37H26N6S. The molecule has 0 saturated heterocycles. The zero-order valence-electron chi connectivity index (χ0n) is 23.6. The van der Waals surface area contributed by atoms with Crippen LogP contribution in [0.3, 0.4) is 0 Å². The van der Waals surface area contributed by atoms with Gasteiger partial charge in [-0.25, -0.2) is 15.0 Å². The van der Waals surface area contributed by atoms with Crippen molar-refractivity contribution in [2.24, 2.45) is 15.0 Å². The summed E-state index contributed by atoms with van der Waals surface area (Å²) in [7, 11) is 0. The number of amidine groups is 2. The summed E-state index contributed by atoms with van der Waals surface area (Å²) in [6.45, 7) is 0. The topological polar surface area (TPSA) is 64.4 Å². The fraction of sp³-hybridized carbons (Fsp3) is 0.0541. The maximum Gasteiger partial charge on any atom is 0.201 e. The Morgan fingerprint density at radius 1 is 0.682 bits per heavy atom. The lowest BCUT2D eigenvalue weighted by molar-refractivity contribution is 0.674. The summed E-state index contributed by atoms with van der Waals surface area (Å²) >= 11 is 1.80. The van der Waals surface area contributed by atoms with Crippen LogP contribution in [0.5, 0.6) is 0 Å². The zero-order chi connectivity index (χ0) is 29.0. The van der Waals surface area contributed by atoms with Gasteiger partial charge in [-0.15, -0.1) is 11.3 Å². The molecule has 9 rings (SSSR count). The third kappa shape index (κ3) is 4.20. The number of allylic oxidation sites excluding steroid dienone is 1. The van der Waals surface area contributed by atoms with Crippen LogP contribution in [0.4, 0.5) is 10.7 Å². The van der Waals surface area contributed by atoms with E-state index in [0.717, 1.165) is 50.3 Å². The first-order valence-corrected chi connectivity index (χ1v) is 15.5. The Balaban J connectivity index is 1.05. The predicted octanol–water partition coefficient (Wildman–Crippen LogP) is 8.19. The molecule has 3 aliphatic rings. The van der Waals surface area contributed by atoms with Crippen molar-refractivity contribution in [3.05, 3.63) is 150 Å². The van der Waals surface area contributed by atoms with Crippen molar-refractivity contribution in [2.75, 3.05) is 10.2 Å². The highest BCUT2D eigenvalue weighted by molar-refractivity contribution is 7.23. The Labute approximate surface area is 258 Å². The summed E-state index contributed by atoms with van der Waals surface area (Å²) in [5.74, 6) is 1.54. The second kappa shape index (κ2) is 10.0. The van der Waals surface area contributed by atoms with Crippen molar-refractivity contribution in [1.82, 2.24) is 5.32 Å². The van der Waals surface area contributed by atoms with Crippen LogP contribution < -0.4 is 15.5 Å². The molecule has 6 aromatic rings. The number of benzene rings is 5. The van der Waals surface area contributed by atoms with Gasteiger partial charge in [0.1, 0.15) is 17.0 Å². The van der Waals surface area contributed by atoms with Gasteiger partial charge in [0, 0.05) is 39.2 Å². The van der Waals surface area contributed by atoms with E-state index in [2.05, 4.69) is 107 Å². The molecule has 4 heterocycles. The van der Waals surface area contributed by atoms with Gasteiger partial charge in [-0.1, -0.05) is 103 Å². The zero-order valence-corrected chi connectivity index (χ0v) is 24.4. The summed E-state index contributed by atoms with van der Waals surface area (Å²) in [4.78, 5) is 17.1. The van der Waals surface area contributed by atoms with E-state index in [9.17, 15) is 0 Å². The number of nitrogens with one attached hydrogen (secondary N) is 2. The highest BCUT2D eigenvalue weighted by Crippen LogP contribution is 2.48. The molecular weight excluding hydrogens is 561 g/mol. The monoisotopic (exact) mass is 586 g/mol. The average molecular weight is 587 g/mol. The van der Waals surface area contributed by atoms with Crippen molar-refractivity contribution in [3.63, 3.8) is 0 Å². The molecule has 7 heteroatoms. The van der Waals surface area contributed by atoms with Crippen LogP contribution in [-0.4, -0.2) is 24.2 Å². The summed E-state index contributed by atoms with van der Waals surface area (Å²) in [5.41, 5.74) is 6.52. The second-order valence-corrected chi connectivity index (χ2v) is 12.1. The van der Waals surface area contributed by atoms with Crippen LogP contribution in [0, 0.1) is 0 Å². The predicted molar refractivity (Wildman–Crippen MR) is 184 cm³/mol. The van der Waals surface area contributed by atoms with Gasteiger partial charge < -0.3 is 10.6 Å². The molecule has 2 atom stereocenters. The lowest BCUT2D eigenvalue weighted by atomic mass is 9.99. The SMILES string of the molecule is C1=NC2Nc3c(sc4ccccc34)N2C=C1c1ccc2cc(C3=NC(c4ccccc4)=NC(c4ccccc4)N3)ccc2c1. The summed E-state index contributed by atoms with van der Waals surface area (Å²) in [5, 5.41) is 12.0. The fourth-order valence-electron chi connectivity index (χ4n) is 6.08. The van der Waals surface area contributed by atoms with Crippen LogP contribution in [0.25, 0.3) is 26.4 Å². The Hall–Kier alpha value is -5.53. The summed E-state index contributed by atoms with van der Waals surface area (Å²) < 4.78 is 1.28. The number of fused-ring (bicyclic) bond motifs is 6. The number of rotatable bonds is 4. The van der Waals surface area contributed by atoms with Gasteiger partial charge >= 0.3 is 0 Å². The van der Waals surface area contributed by atoms with Gasteiger partial charge in [-0.2, -0.15) is 0 Å². The number of nitrogens with zero attached hydrogens (tertiary/aromatic N) is 4. The van der Waals surface area contributed by atoms with Gasteiger partial charge in [0.05, 0.1) is 5.69 Å². The second-order valence-electron chi connectivity index (χ2n) is 11.1. The molecule has 0 spiro atoms. The van der Waals surface area contributed by atoms with Crippen molar-refractivity contribution in [3.8, 4) is 0 Å². The third-order valence-electron chi connectivity index (χ3n) is 8.32. The van der Waals surface area contributed by atoms with E-state index < -0.39 is 0 Å². The largest absolute Gasteiger partial charge is 0.344 e. The van der Waals surface area contributed by atoms with Crippen LogP contribution in [0.15, 0.2) is 143 Å². The third-order valence-corrected chi connectivity index (χ3v) is 9.50. The fourth-order valence-corrected chi connectivity index (χ4v) is 7.24. The lowest BCUT2D eigenvalue weighted by Crippen LogP contribution is -2.33. The smallest absolute Gasteiger partial charge is 0.201 e. The molecule has 3 aliphatic heterocycles. The Morgan fingerprint density at radius 2 is 1.41 bits per heavy atom. The van der Waals surface area contributed by atoms with E-state index >= 15 is 0 Å².